The Hall–Kier alpha value is -2.36. The number of rotatable bonds is 5. The molecule has 0 atom stereocenters. The average Bonchev–Trinajstić information content (AvgIpc) is 2.51. The highest BCUT2D eigenvalue weighted by atomic mass is 19.1. The fraction of sp³-hybridized carbons (Fsp3) is 0.278. The summed E-state index contributed by atoms with van der Waals surface area (Å²) in [6.45, 7) is 3.00. The van der Waals surface area contributed by atoms with Gasteiger partial charge in [0.05, 0.1) is 0 Å². The zero-order valence-electron chi connectivity index (χ0n) is 13.0. The molecule has 2 amide bonds. The molecule has 0 aliphatic rings. The van der Waals surface area contributed by atoms with Crippen LogP contribution >= 0.6 is 0 Å². The van der Waals surface area contributed by atoms with Crippen LogP contribution in [0.15, 0.2) is 48.5 Å². The summed E-state index contributed by atoms with van der Waals surface area (Å²) in [7, 11) is 1.75. The Morgan fingerprint density at radius 3 is 2.41 bits per heavy atom. The van der Waals surface area contributed by atoms with Crippen molar-refractivity contribution in [2.75, 3.05) is 13.6 Å². The van der Waals surface area contributed by atoms with Gasteiger partial charge >= 0.3 is 6.03 Å². The molecule has 3 nitrogen and oxygen atoms in total. The Kier molecular flexibility index (Phi) is 5.53. The molecule has 0 saturated carbocycles. The normalized spacial score (nSPS) is 10.3. The van der Waals surface area contributed by atoms with E-state index in [1.165, 1.54) is 6.07 Å². The number of halogens is 1. The lowest BCUT2D eigenvalue weighted by Crippen LogP contribution is -2.38. The Labute approximate surface area is 130 Å². The van der Waals surface area contributed by atoms with Gasteiger partial charge in [-0.25, -0.2) is 9.18 Å². The first-order valence-electron chi connectivity index (χ1n) is 7.35. The van der Waals surface area contributed by atoms with E-state index in [4.69, 9.17) is 0 Å². The highest BCUT2D eigenvalue weighted by molar-refractivity contribution is 5.73. The number of carbonyl (C=O) groups is 1. The van der Waals surface area contributed by atoms with Gasteiger partial charge in [0, 0.05) is 20.1 Å². The van der Waals surface area contributed by atoms with E-state index >= 15 is 0 Å². The summed E-state index contributed by atoms with van der Waals surface area (Å²) in [6, 6.07) is 14.5. The fourth-order valence-corrected chi connectivity index (χ4v) is 2.26. The van der Waals surface area contributed by atoms with Gasteiger partial charge in [-0.1, -0.05) is 42.5 Å². The van der Waals surface area contributed by atoms with Gasteiger partial charge in [0.25, 0.3) is 0 Å². The number of hydrogen-bond acceptors (Lipinski definition) is 1. The quantitative estimate of drug-likeness (QED) is 0.900. The number of aryl methyl sites for hydroxylation is 1. The second-order valence-corrected chi connectivity index (χ2v) is 5.36. The maximum atomic E-state index is 13.5. The van der Waals surface area contributed by atoms with Crippen molar-refractivity contribution in [3.63, 3.8) is 0 Å². The van der Waals surface area contributed by atoms with Gasteiger partial charge in [-0.05, 0) is 36.1 Å². The van der Waals surface area contributed by atoms with Crippen LogP contribution in [0.5, 0.6) is 0 Å². The lowest BCUT2D eigenvalue weighted by molar-refractivity contribution is 0.207. The lowest BCUT2D eigenvalue weighted by atomic mass is 10.1. The Morgan fingerprint density at radius 2 is 1.73 bits per heavy atom. The maximum Gasteiger partial charge on any atom is 0.317 e. The van der Waals surface area contributed by atoms with Gasteiger partial charge in [-0.2, -0.15) is 0 Å². The number of benzene rings is 2. The van der Waals surface area contributed by atoms with Crippen LogP contribution < -0.4 is 5.32 Å². The van der Waals surface area contributed by atoms with E-state index in [2.05, 4.69) is 5.32 Å². The van der Waals surface area contributed by atoms with Crippen LogP contribution in [0, 0.1) is 12.7 Å². The molecule has 0 aliphatic heterocycles. The molecule has 2 aromatic carbocycles. The molecule has 0 bridgehead atoms. The van der Waals surface area contributed by atoms with E-state index in [1.54, 1.807) is 30.1 Å². The van der Waals surface area contributed by atoms with Crippen LogP contribution in [-0.4, -0.2) is 24.5 Å². The molecule has 0 aliphatic carbocycles. The van der Waals surface area contributed by atoms with Crippen LogP contribution in [-0.2, 0) is 13.0 Å². The SMILES string of the molecule is Cc1ccccc1CN(C)C(=O)NCCc1ccccc1F. The third-order valence-electron chi connectivity index (χ3n) is 3.64. The van der Waals surface area contributed by atoms with Crippen molar-refractivity contribution in [2.24, 2.45) is 0 Å². The van der Waals surface area contributed by atoms with Crippen molar-refractivity contribution in [1.29, 1.82) is 0 Å². The summed E-state index contributed by atoms with van der Waals surface area (Å²) >= 11 is 0. The summed E-state index contributed by atoms with van der Waals surface area (Å²) in [5.41, 5.74) is 2.90. The van der Waals surface area contributed by atoms with Gasteiger partial charge < -0.3 is 10.2 Å². The van der Waals surface area contributed by atoms with Gasteiger partial charge in [-0.15, -0.1) is 0 Å². The molecular weight excluding hydrogens is 279 g/mol. The van der Waals surface area contributed by atoms with Crippen molar-refractivity contribution in [3.05, 3.63) is 71.0 Å². The molecular formula is C18H21FN2O. The van der Waals surface area contributed by atoms with Crippen molar-refractivity contribution in [2.45, 2.75) is 19.9 Å². The number of urea groups is 1. The molecule has 0 unspecified atom stereocenters. The van der Waals surface area contributed by atoms with Crippen LogP contribution in [0.2, 0.25) is 0 Å². The van der Waals surface area contributed by atoms with Gasteiger partial charge in [0.1, 0.15) is 5.82 Å². The van der Waals surface area contributed by atoms with Crippen LogP contribution in [0.3, 0.4) is 0 Å². The molecule has 116 valence electrons. The lowest BCUT2D eigenvalue weighted by Gasteiger charge is -2.19. The van der Waals surface area contributed by atoms with Gasteiger partial charge in [-0.3, -0.25) is 0 Å². The molecule has 0 radical (unpaired) electrons. The second kappa shape index (κ2) is 7.59. The Balaban J connectivity index is 1.82. The largest absolute Gasteiger partial charge is 0.338 e. The van der Waals surface area contributed by atoms with E-state index in [0.29, 0.717) is 25.1 Å². The minimum atomic E-state index is -0.231. The van der Waals surface area contributed by atoms with Crippen molar-refractivity contribution in [1.82, 2.24) is 10.2 Å². The van der Waals surface area contributed by atoms with Crippen molar-refractivity contribution in [3.8, 4) is 0 Å². The summed E-state index contributed by atoms with van der Waals surface area (Å²) in [4.78, 5) is 13.7. The van der Waals surface area contributed by atoms with E-state index in [9.17, 15) is 9.18 Å². The summed E-state index contributed by atoms with van der Waals surface area (Å²) in [6.07, 6.45) is 0.483. The number of nitrogens with one attached hydrogen (secondary N) is 1. The standard InChI is InChI=1S/C18H21FN2O/c1-14-7-3-4-9-16(14)13-21(2)18(22)20-12-11-15-8-5-6-10-17(15)19/h3-10H,11-13H2,1-2H3,(H,20,22). The first-order chi connectivity index (χ1) is 10.6. The van der Waals surface area contributed by atoms with E-state index < -0.39 is 0 Å². The third kappa shape index (κ3) is 4.32. The smallest absolute Gasteiger partial charge is 0.317 e. The zero-order valence-corrected chi connectivity index (χ0v) is 13.0. The molecule has 0 spiro atoms. The van der Waals surface area contributed by atoms with E-state index in [0.717, 1.165) is 11.1 Å². The third-order valence-corrected chi connectivity index (χ3v) is 3.64. The first kappa shape index (κ1) is 16.0. The topological polar surface area (TPSA) is 32.3 Å². The zero-order chi connectivity index (χ0) is 15.9. The summed E-state index contributed by atoms with van der Waals surface area (Å²) in [5, 5.41) is 2.82. The highest BCUT2D eigenvalue weighted by Gasteiger charge is 2.10. The predicted molar refractivity (Wildman–Crippen MR) is 86.1 cm³/mol. The second-order valence-electron chi connectivity index (χ2n) is 5.36. The highest BCUT2D eigenvalue weighted by Crippen LogP contribution is 2.10. The van der Waals surface area contributed by atoms with E-state index in [1.807, 2.05) is 31.2 Å². The van der Waals surface area contributed by atoms with Crippen molar-refractivity contribution >= 4 is 6.03 Å². The van der Waals surface area contributed by atoms with Crippen LogP contribution in [0.4, 0.5) is 9.18 Å². The fourth-order valence-electron chi connectivity index (χ4n) is 2.26. The minimum absolute atomic E-state index is 0.153. The van der Waals surface area contributed by atoms with Crippen LogP contribution in [0.25, 0.3) is 0 Å². The number of nitrogens with zero attached hydrogens (tertiary/aromatic N) is 1. The summed E-state index contributed by atoms with van der Waals surface area (Å²) in [5.74, 6) is -0.231. The van der Waals surface area contributed by atoms with Gasteiger partial charge in [0.15, 0.2) is 0 Å². The number of hydrogen-bond donors (Lipinski definition) is 1. The maximum absolute atomic E-state index is 13.5. The molecule has 4 heteroatoms. The first-order valence-corrected chi connectivity index (χ1v) is 7.35. The molecule has 22 heavy (non-hydrogen) atoms. The summed E-state index contributed by atoms with van der Waals surface area (Å²) < 4.78 is 13.5. The molecule has 0 saturated heterocycles. The average molecular weight is 300 g/mol. The van der Waals surface area contributed by atoms with Crippen molar-refractivity contribution < 1.29 is 9.18 Å². The minimum Gasteiger partial charge on any atom is -0.338 e. The van der Waals surface area contributed by atoms with Gasteiger partial charge in [0.2, 0.25) is 0 Å². The molecule has 2 rings (SSSR count). The molecule has 0 fully saturated rings. The monoisotopic (exact) mass is 300 g/mol. The molecule has 1 N–H and O–H groups in total. The Bertz CT molecular complexity index is 642. The number of amides is 2. The molecule has 0 aromatic heterocycles. The number of carbonyl (C=O) groups excluding carboxylic acids is 1. The van der Waals surface area contributed by atoms with E-state index in [-0.39, 0.29) is 11.8 Å². The molecule has 2 aromatic rings. The molecule has 0 heterocycles. The Morgan fingerprint density at radius 1 is 1.09 bits per heavy atom. The predicted octanol–water partition coefficient (Wildman–Crippen LogP) is 3.52. The van der Waals surface area contributed by atoms with Crippen LogP contribution in [0.1, 0.15) is 16.7 Å².